The van der Waals surface area contributed by atoms with Gasteiger partial charge in [-0.2, -0.15) is 5.26 Å². The summed E-state index contributed by atoms with van der Waals surface area (Å²) in [5.41, 5.74) is 7.71. The lowest BCUT2D eigenvalue weighted by atomic mass is 10.0. The Morgan fingerprint density at radius 3 is 2.92 bits per heavy atom. The number of nitrogens with zero attached hydrogens (tertiary/aromatic N) is 1. The molecule has 0 heterocycles. The minimum absolute atomic E-state index is 0.233. The average molecular weight is 195 g/mol. The molecule has 1 atom stereocenters. The fourth-order valence-electron chi connectivity index (χ4n) is 1.23. The Hall–Kier alpha value is -1.04. The molecule has 2 nitrogen and oxygen atoms in total. The van der Waals surface area contributed by atoms with Crippen LogP contribution in [0.4, 0.5) is 0 Å². The first-order chi connectivity index (χ1) is 6.16. The normalized spacial score (nSPS) is 12.2. The van der Waals surface area contributed by atoms with E-state index in [-0.39, 0.29) is 6.04 Å². The van der Waals surface area contributed by atoms with E-state index in [9.17, 15) is 0 Å². The summed E-state index contributed by atoms with van der Waals surface area (Å²) in [6, 6.07) is 7.39. The van der Waals surface area contributed by atoms with Gasteiger partial charge in [-0.1, -0.05) is 23.7 Å². The molecule has 68 valence electrons. The average Bonchev–Trinajstić information content (AvgIpc) is 2.10. The van der Waals surface area contributed by atoms with E-state index < -0.39 is 0 Å². The lowest BCUT2D eigenvalue weighted by Crippen LogP contribution is -2.10. The molecule has 0 aliphatic carbocycles. The number of rotatable bonds is 2. The van der Waals surface area contributed by atoms with Gasteiger partial charge in [0.05, 0.1) is 12.5 Å². The second-order valence-electron chi connectivity index (χ2n) is 2.92. The van der Waals surface area contributed by atoms with Crippen LogP contribution < -0.4 is 5.73 Å². The molecule has 1 aromatic carbocycles. The minimum atomic E-state index is -0.233. The third-order valence-electron chi connectivity index (χ3n) is 2.02. The highest BCUT2D eigenvalue weighted by molar-refractivity contribution is 6.31. The quantitative estimate of drug-likeness (QED) is 0.787. The maximum atomic E-state index is 8.50. The molecule has 0 amide bonds. The van der Waals surface area contributed by atoms with E-state index >= 15 is 0 Å². The first-order valence-electron chi connectivity index (χ1n) is 4.04. The van der Waals surface area contributed by atoms with Crippen molar-refractivity contribution >= 4 is 11.6 Å². The van der Waals surface area contributed by atoms with Gasteiger partial charge in [0.1, 0.15) is 0 Å². The van der Waals surface area contributed by atoms with Crippen molar-refractivity contribution in [3.63, 3.8) is 0 Å². The molecule has 0 aliphatic heterocycles. The summed E-state index contributed by atoms with van der Waals surface area (Å²) < 4.78 is 0. The van der Waals surface area contributed by atoms with E-state index in [1.54, 1.807) is 0 Å². The highest BCUT2D eigenvalue weighted by Crippen LogP contribution is 2.24. The van der Waals surface area contributed by atoms with Crippen LogP contribution in [0.5, 0.6) is 0 Å². The van der Waals surface area contributed by atoms with Crippen LogP contribution in [0.2, 0.25) is 5.02 Å². The van der Waals surface area contributed by atoms with Crippen LogP contribution in [0.1, 0.15) is 23.6 Å². The molecule has 1 aromatic rings. The maximum Gasteiger partial charge on any atom is 0.0641 e. The zero-order valence-electron chi connectivity index (χ0n) is 7.42. The molecule has 0 radical (unpaired) electrons. The van der Waals surface area contributed by atoms with Crippen LogP contribution in [-0.2, 0) is 0 Å². The number of halogens is 1. The lowest BCUT2D eigenvalue weighted by Gasteiger charge is -2.11. The first-order valence-corrected chi connectivity index (χ1v) is 4.42. The molecule has 0 aliphatic rings. The molecule has 0 fully saturated rings. The van der Waals surface area contributed by atoms with Crippen LogP contribution in [-0.4, -0.2) is 0 Å². The predicted molar refractivity (Wildman–Crippen MR) is 53.3 cm³/mol. The summed E-state index contributed by atoms with van der Waals surface area (Å²) in [6.45, 7) is 1.91. The minimum Gasteiger partial charge on any atom is -0.323 e. The fraction of sp³-hybridized carbons (Fsp3) is 0.300. The predicted octanol–water partition coefficient (Wildman–Crippen LogP) is 2.56. The molecule has 0 unspecified atom stereocenters. The van der Waals surface area contributed by atoms with Gasteiger partial charge < -0.3 is 5.73 Å². The maximum absolute atomic E-state index is 8.50. The molecule has 0 aromatic heterocycles. The van der Waals surface area contributed by atoms with Crippen molar-refractivity contribution in [3.8, 4) is 6.07 Å². The van der Waals surface area contributed by atoms with E-state index in [4.69, 9.17) is 22.6 Å². The van der Waals surface area contributed by atoms with Crippen LogP contribution in [0, 0.1) is 18.3 Å². The van der Waals surface area contributed by atoms with Gasteiger partial charge in [0.2, 0.25) is 0 Å². The Bertz CT molecular complexity index is 341. The third kappa shape index (κ3) is 2.21. The van der Waals surface area contributed by atoms with Gasteiger partial charge in [0, 0.05) is 11.1 Å². The number of benzene rings is 1. The van der Waals surface area contributed by atoms with E-state index in [1.807, 2.05) is 31.2 Å². The molecule has 1 rings (SSSR count). The van der Waals surface area contributed by atoms with Crippen LogP contribution >= 0.6 is 11.6 Å². The molecule has 3 heteroatoms. The SMILES string of the molecule is Cc1c(Cl)cccc1[C@H](N)CC#N. The Morgan fingerprint density at radius 2 is 2.31 bits per heavy atom. The van der Waals surface area contributed by atoms with Crippen molar-refractivity contribution < 1.29 is 0 Å². The van der Waals surface area contributed by atoms with Gasteiger partial charge in [0.25, 0.3) is 0 Å². The van der Waals surface area contributed by atoms with Gasteiger partial charge >= 0.3 is 0 Å². The van der Waals surface area contributed by atoms with Gasteiger partial charge in [-0.25, -0.2) is 0 Å². The van der Waals surface area contributed by atoms with Gasteiger partial charge in [-0.3, -0.25) is 0 Å². The zero-order chi connectivity index (χ0) is 9.84. The molecule has 13 heavy (non-hydrogen) atoms. The molecule has 0 saturated carbocycles. The van der Waals surface area contributed by atoms with Crippen LogP contribution in [0.15, 0.2) is 18.2 Å². The summed E-state index contributed by atoms with van der Waals surface area (Å²) in [5.74, 6) is 0. The summed E-state index contributed by atoms with van der Waals surface area (Å²) in [4.78, 5) is 0. The molecule has 0 spiro atoms. The summed E-state index contributed by atoms with van der Waals surface area (Å²) in [6.07, 6.45) is 0.321. The first kappa shape index (κ1) is 10.0. The monoisotopic (exact) mass is 194 g/mol. The standard InChI is InChI=1S/C10H11ClN2/c1-7-8(10(13)5-6-12)3-2-4-9(7)11/h2-4,10H,5,13H2,1H3/t10-/m1/s1. The van der Waals surface area contributed by atoms with Crippen molar-refractivity contribution in [2.75, 3.05) is 0 Å². The Kier molecular flexibility index (Phi) is 3.30. The summed E-state index contributed by atoms with van der Waals surface area (Å²) in [5, 5.41) is 9.20. The number of hydrogen-bond acceptors (Lipinski definition) is 2. The van der Waals surface area contributed by atoms with E-state index in [2.05, 4.69) is 0 Å². The topological polar surface area (TPSA) is 49.8 Å². The molecular weight excluding hydrogens is 184 g/mol. The molecule has 0 saturated heterocycles. The van der Waals surface area contributed by atoms with Crippen LogP contribution in [0.25, 0.3) is 0 Å². The van der Waals surface area contributed by atoms with Crippen molar-refractivity contribution in [2.24, 2.45) is 5.73 Å². The van der Waals surface area contributed by atoms with Crippen molar-refractivity contribution in [1.82, 2.24) is 0 Å². The molecular formula is C10H11ClN2. The Balaban J connectivity index is 3.02. The number of nitriles is 1. The molecule has 2 N–H and O–H groups in total. The third-order valence-corrected chi connectivity index (χ3v) is 2.43. The van der Waals surface area contributed by atoms with Crippen LogP contribution in [0.3, 0.4) is 0 Å². The summed E-state index contributed by atoms with van der Waals surface area (Å²) >= 11 is 5.92. The van der Waals surface area contributed by atoms with Crippen molar-refractivity contribution in [3.05, 3.63) is 34.3 Å². The zero-order valence-corrected chi connectivity index (χ0v) is 8.17. The Morgan fingerprint density at radius 1 is 1.62 bits per heavy atom. The smallest absolute Gasteiger partial charge is 0.0641 e. The largest absolute Gasteiger partial charge is 0.323 e. The highest BCUT2D eigenvalue weighted by Gasteiger charge is 2.09. The number of nitrogens with two attached hydrogens (primary N) is 1. The second kappa shape index (κ2) is 4.27. The van der Waals surface area contributed by atoms with Gasteiger partial charge in [-0.05, 0) is 24.1 Å². The second-order valence-corrected chi connectivity index (χ2v) is 3.33. The molecule has 0 bridgehead atoms. The fourth-order valence-corrected chi connectivity index (χ4v) is 1.42. The van der Waals surface area contributed by atoms with Crippen molar-refractivity contribution in [2.45, 2.75) is 19.4 Å². The van der Waals surface area contributed by atoms with Crippen molar-refractivity contribution in [1.29, 1.82) is 5.26 Å². The highest BCUT2D eigenvalue weighted by atomic mass is 35.5. The van der Waals surface area contributed by atoms with Gasteiger partial charge in [0.15, 0.2) is 0 Å². The van der Waals surface area contributed by atoms with E-state index in [1.165, 1.54) is 0 Å². The van der Waals surface area contributed by atoms with E-state index in [0.29, 0.717) is 11.4 Å². The Labute approximate surface area is 82.9 Å². The van der Waals surface area contributed by atoms with E-state index in [0.717, 1.165) is 11.1 Å². The van der Waals surface area contributed by atoms with Gasteiger partial charge in [-0.15, -0.1) is 0 Å². The summed E-state index contributed by atoms with van der Waals surface area (Å²) in [7, 11) is 0. The lowest BCUT2D eigenvalue weighted by molar-refractivity contribution is 0.742. The number of hydrogen-bond donors (Lipinski definition) is 1.